The number of carboxylic acid groups (broad SMARTS) is 4. The van der Waals surface area contributed by atoms with E-state index in [4.69, 9.17) is 26.8 Å². The fraction of sp³-hybridized carbons (Fsp3) is 0.407. The van der Waals surface area contributed by atoms with E-state index in [0.717, 1.165) is 39.3 Å². The molecule has 0 radical (unpaired) electrons. The molecule has 0 atom stereocenters. The van der Waals surface area contributed by atoms with Gasteiger partial charge in [-0.25, -0.2) is 19.2 Å². The topological polar surface area (TPSA) is 156 Å². The highest BCUT2D eigenvalue weighted by molar-refractivity contribution is 5.90. The molecule has 1 saturated heterocycles. The second kappa shape index (κ2) is 17.5. The van der Waals surface area contributed by atoms with Crippen LogP contribution in [-0.4, -0.2) is 86.8 Å². The van der Waals surface area contributed by atoms with Crippen molar-refractivity contribution in [1.29, 1.82) is 0 Å². The summed E-state index contributed by atoms with van der Waals surface area (Å²) in [6, 6.07) is 7.19. The van der Waals surface area contributed by atoms with Gasteiger partial charge in [0, 0.05) is 57.0 Å². The van der Waals surface area contributed by atoms with Crippen LogP contribution in [0.5, 0.6) is 0 Å². The van der Waals surface area contributed by atoms with Crippen molar-refractivity contribution in [2.45, 2.75) is 38.6 Å². The predicted octanol–water partition coefficient (Wildman–Crippen LogP) is 2.13. The third-order valence-corrected chi connectivity index (χ3v) is 5.59. The Bertz CT molecular complexity index is 952. The molecule has 1 aromatic rings. The Morgan fingerprint density at radius 3 is 1.65 bits per heavy atom. The van der Waals surface area contributed by atoms with E-state index in [1.165, 1.54) is 37.7 Å². The van der Waals surface area contributed by atoms with Crippen LogP contribution in [-0.2, 0) is 38.6 Å². The molecular weight excluding hydrogens is 480 g/mol. The summed E-state index contributed by atoms with van der Waals surface area (Å²) < 4.78 is 0. The number of benzene rings is 1. The van der Waals surface area contributed by atoms with Crippen molar-refractivity contribution < 1.29 is 39.6 Å². The van der Waals surface area contributed by atoms with Gasteiger partial charge in [0.05, 0.1) is 6.54 Å². The van der Waals surface area contributed by atoms with E-state index in [2.05, 4.69) is 33.9 Å². The molecule has 0 amide bonds. The average molecular weight is 515 g/mol. The van der Waals surface area contributed by atoms with Gasteiger partial charge in [-0.05, 0) is 42.4 Å². The third kappa shape index (κ3) is 14.9. The summed E-state index contributed by atoms with van der Waals surface area (Å²) in [7, 11) is 0. The molecule has 1 heterocycles. The number of terminal acetylenes is 1. The maximum Gasteiger partial charge on any atom is 0.328 e. The quantitative estimate of drug-likeness (QED) is 0.241. The third-order valence-electron chi connectivity index (χ3n) is 5.59. The van der Waals surface area contributed by atoms with E-state index in [9.17, 15) is 19.2 Å². The van der Waals surface area contributed by atoms with Gasteiger partial charge in [-0.1, -0.05) is 30.5 Å². The summed E-state index contributed by atoms with van der Waals surface area (Å²) >= 11 is 0. The molecule has 0 spiro atoms. The molecule has 0 saturated carbocycles. The van der Waals surface area contributed by atoms with Crippen molar-refractivity contribution in [3.05, 3.63) is 59.2 Å². The van der Waals surface area contributed by atoms with E-state index in [-0.39, 0.29) is 0 Å². The fourth-order valence-corrected chi connectivity index (χ4v) is 3.84. The molecule has 37 heavy (non-hydrogen) atoms. The van der Waals surface area contributed by atoms with Gasteiger partial charge >= 0.3 is 23.9 Å². The highest BCUT2D eigenvalue weighted by atomic mass is 16.4. The zero-order valence-corrected chi connectivity index (χ0v) is 20.7. The Kier molecular flexibility index (Phi) is 14.7. The highest BCUT2D eigenvalue weighted by Gasteiger charge is 2.16. The number of fused-ring (bicyclic) bond motifs is 1. The van der Waals surface area contributed by atoms with Crippen LogP contribution >= 0.6 is 0 Å². The lowest BCUT2D eigenvalue weighted by Crippen LogP contribution is -2.45. The molecule has 3 rings (SSSR count). The first kappa shape index (κ1) is 31.1. The van der Waals surface area contributed by atoms with Crippen LogP contribution < -0.4 is 0 Å². The minimum Gasteiger partial charge on any atom is -0.478 e. The highest BCUT2D eigenvalue weighted by Crippen LogP contribution is 2.22. The minimum absolute atomic E-state index is 0.558. The van der Waals surface area contributed by atoms with Crippen LogP contribution in [0.3, 0.4) is 0 Å². The molecule has 2 aliphatic rings. The van der Waals surface area contributed by atoms with Gasteiger partial charge in [0.25, 0.3) is 0 Å². The van der Waals surface area contributed by atoms with Crippen LogP contribution in [0.25, 0.3) is 0 Å². The number of carboxylic acids is 4. The predicted molar refractivity (Wildman–Crippen MR) is 137 cm³/mol. The number of carbonyl (C=O) groups is 4. The molecule has 1 aliphatic heterocycles. The summed E-state index contributed by atoms with van der Waals surface area (Å²) in [5.74, 6) is -2.28. The summed E-state index contributed by atoms with van der Waals surface area (Å²) in [5, 5.41) is 31.2. The number of rotatable bonds is 7. The number of hydrogen-bond acceptors (Lipinski definition) is 6. The number of piperazine rings is 1. The summed E-state index contributed by atoms with van der Waals surface area (Å²) in [6.45, 7) is 6.38. The smallest absolute Gasteiger partial charge is 0.328 e. The Balaban J connectivity index is 0.000000355. The fourth-order valence-electron chi connectivity index (χ4n) is 3.84. The first-order chi connectivity index (χ1) is 17.6. The summed E-state index contributed by atoms with van der Waals surface area (Å²) in [5.41, 5.74) is 4.69. The van der Waals surface area contributed by atoms with Gasteiger partial charge in [0.15, 0.2) is 0 Å². The molecular formula is C27H34N2O8. The first-order valence-corrected chi connectivity index (χ1v) is 11.9. The minimum atomic E-state index is -1.26. The molecule has 1 aliphatic carbocycles. The second-order valence-electron chi connectivity index (χ2n) is 8.44. The van der Waals surface area contributed by atoms with Gasteiger partial charge < -0.3 is 20.4 Å². The SMILES string of the molecule is C#CCN1CCN(Cc2ccc3c(c2)CCCCC3)CC1.O=C(O)C=CC(=O)O.O=C(O)C=CC(=O)O. The van der Waals surface area contributed by atoms with E-state index in [0.29, 0.717) is 24.3 Å². The maximum absolute atomic E-state index is 9.55. The van der Waals surface area contributed by atoms with Crippen molar-refractivity contribution in [2.75, 3.05) is 32.7 Å². The second-order valence-corrected chi connectivity index (χ2v) is 8.44. The normalized spacial score (nSPS) is 15.8. The van der Waals surface area contributed by atoms with Crippen molar-refractivity contribution in [2.24, 2.45) is 0 Å². The Labute approximate surface area is 216 Å². The lowest BCUT2D eigenvalue weighted by molar-refractivity contribution is -0.134. The van der Waals surface area contributed by atoms with Gasteiger partial charge in [-0.15, -0.1) is 6.42 Å². The van der Waals surface area contributed by atoms with Crippen LogP contribution in [0.2, 0.25) is 0 Å². The number of aliphatic carboxylic acids is 4. The number of nitrogens with zero attached hydrogens (tertiary/aromatic N) is 2. The largest absolute Gasteiger partial charge is 0.478 e. The van der Waals surface area contributed by atoms with Gasteiger partial charge in [0.1, 0.15) is 0 Å². The lowest BCUT2D eigenvalue weighted by Gasteiger charge is -2.33. The molecule has 0 unspecified atom stereocenters. The van der Waals surface area contributed by atoms with E-state index < -0.39 is 23.9 Å². The molecule has 10 nitrogen and oxygen atoms in total. The van der Waals surface area contributed by atoms with Crippen LogP contribution in [0.15, 0.2) is 42.5 Å². The molecule has 1 fully saturated rings. The zero-order chi connectivity index (χ0) is 27.6. The van der Waals surface area contributed by atoms with Crippen molar-refractivity contribution in [1.82, 2.24) is 9.80 Å². The molecule has 4 N–H and O–H groups in total. The van der Waals surface area contributed by atoms with Crippen LogP contribution in [0.1, 0.15) is 36.0 Å². The maximum atomic E-state index is 9.55. The molecule has 10 heteroatoms. The van der Waals surface area contributed by atoms with Crippen LogP contribution in [0.4, 0.5) is 0 Å². The van der Waals surface area contributed by atoms with Crippen molar-refractivity contribution >= 4 is 23.9 Å². The van der Waals surface area contributed by atoms with Crippen molar-refractivity contribution in [3.8, 4) is 12.3 Å². The zero-order valence-electron chi connectivity index (χ0n) is 20.7. The van der Waals surface area contributed by atoms with Crippen LogP contribution in [0, 0.1) is 12.3 Å². The molecule has 1 aromatic carbocycles. The first-order valence-electron chi connectivity index (χ1n) is 11.9. The standard InChI is InChI=1S/C19H26N2.2C4H4O4/c1-2-10-20-11-13-21(14-12-20)16-17-8-9-18-6-4-3-5-7-19(18)15-17;2*5-3(6)1-2-4(7)8/h1,8-9,15H,3-7,10-14,16H2;2*1-2H,(H,5,6)(H,7,8). The van der Waals surface area contributed by atoms with E-state index >= 15 is 0 Å². The molecule has 0 aromatic heterocycles. The van der Waals surface area contributed by atoms with E-state index in [1.807, 2.05) is 0 Å². The van der Waals surface area contributed by atoms with Crippen molar-refractivity contribution in [3.63, 3.8) is 0 Å². The summed E-state index contributed by atoms with van der Waals surface area (Å²) in [6.07, 6.45) is 14.3. The monoisotopic (exact) mass is 514 g/mol. The Morgan fingerprint density at radius 1 is 0.730 bits per heavy atom. The van der Waals surface area contributed by atoms with E-state index in [1.54, 1.807) is 11.1 Å². The Morgan fingerprint density at radius 2 is 1.19 bits per heavy atom. The molecule has 200 valence electrons. The molecule has 0 bridgehead atoms. The number of hydrogen-bond donors (Lipinski definition) is 4. The van der Waals surface area contributed by atoms with Gasteiger partial charge in [-0.3, -0.25) is 9.80 Å². The average Bonchev–Trinajstić information content (AvgIpc) is 3.09. The summed E-state index contributed by atoms with van der Waals surface area (Å²) in [4.78, 5) is 43.1. The number of aryl methyl sites for hydroxylation is 2. The Hall–Kier alpha value is -3.94. The van der Waals surface area contributed by atoms with Gasteiger partial charge in [-0.2, -0.15) is 0 Å². The lowest BCUT2D eigenvalue weighted by atomic mass is 10.00. The van der Waals surface area contributed by atoms with Gasteiger partial charge in [0.2, 0.25) is 0 Å².